The van der Waals surface area contributed by atoms with Gasteiger partial charge in [0, 0.05) is 0 Å². The van der Waals surface area contributed by atoms with Crippen LogP contribution >= 0.6 is 0 Å². The average molecular weight is 222 g/mol. The van der Waals surface area contributed by atoms with Crippen molar-refractivity contribution in [1.82, 2.24) is 0 Å². The van der Waals surface area contributed by atoms with E-state index in [0.717, 1.165) is 11.8 Å². The van der Waals surface area contributed by atoms with E-state index in [1.54, 1.807) is 0 Å². The van der Waals surface area contributed by atoms with E-state index in [1.165, 1.54) is 64.2 Å². The van der Waals surface area contributed by atoms with Crippen molar-refractivity contribution in [3.63, 3.8) is 0 Å². The van der Waals surface area contributed by atoms with Crippen LogP contribution in [0.25, 0.3) is 0 Å². The molecule has 4 unspecified atom stereocenters. The van der Waals surface area contributed by atoms with Gasteiger partial charge in [0.05, 0.1) is 6.10 Å². The Hall–Kier alpha value is -0.0400. The summed E-state index contributed by atoms with van der Waals surface area (Å²) in [7, 11) is 0. The van der Waals surface area contributed by atoms with Crippen molar-refractivity contribution in [2.75, 3.05) is 0 Å². The van der Waals surface area contributed by atoms with Gasteiger partial charge in [-0.15, -0.1) is 0 Å². The molecule has 0 radical (unpaired) electrons. The van der Waals surface area contributed by atoms with Gasteiger partial charge in [-0.05, 0) is 55.8 Å². The summed E-state index contributed by atoms with van der Waals surface area (Å²) in [6.07, 6.45) is 14.0. The van der Waals surface area contributed by atoms with Crippen molar-refractivity contribution in [3.05, 3.63) is 0 Å². The standard InChI is InChI=1S/C15H26O/c16-15(12-6-3-7-12)14-9-8-11-4-1-2-5-13(11)10-14/h11-16H,1-10H2. The Morgan fingerprint density at radius 1 is 0.688 bits per heavy atom. The van der Waals surface area contributed by atoms with Gasteiger partial charge in [-0.25, -0.2) is 0 Å². The summed E-state index contributed by atoms with van der Waals surface area (Å²) in [5, 5.41) is 10.4. The third-order valence-electron chi connectivity index (χ3n) is 5.70. The fourth-order valence-electron chi connectivity index (χ4n) is 4.39. The van der Waals surface area contributed by atoms with Crippen molar-refractivity contribution in [2.24, 2.45) is 23.7 Å². The second kappa shape index (κ2) is 4.68. The summed E-state index contributed by atoms with van der Waals surface area (Å²) in [5.74, 6) is 3.33. The number of hydrogen-bond acceptors (Lipinski definition) is 1. The zero-order valence-corrected chi connectivity index (χ0v) is 10.4. The summed E-state index contributed by atoms with van der Waals surface area (Å²) in [4.78, 5) is 0. The van der Waals surface area contributed by atoms with Gasteiger partial charge in [-0.3, -0.25) is 0 Å². The summed E-state index contributed by atoms with van der Waals surface area (Å²) in [6.45, 7) is 0. The first-order valence-corrected chi connectivity index (χ1v) is 7.52. The summed E-state index contributed by atoms with van der Waals surface area (Å²) >= 11 is 0. The molecule has 1 nitrogen and oxygen atoms in total. The molecule has 3 aliphatic carbocycles. The number of rotatable bonds is 2. The normalized spacial score (nSPS) is 42.2. The smallest absolute Gasteiger partial charge is 0.0596 e. The lowest BCUT2D eigenvalue weighted by Crippen LogP contribution is -2.38. The Bertz CT molecular complexity index is 234. The van der Waals surface area contributed by atoms with Crippen LogP contribution in [-0.2, 0) is 0 Å². The molecule has 0 bridgehead atoms. The maximum absolute atomic E-state index is 10.4. The van der Waals surface area contributed by atoms with E-state index in [2.05, 4.69) is 0 Å². The Kier molecular flexibility index (Phi) is 3.24. The van der Waals surface area contributed by atoms with Gasteiger partial charge in [0.2, 0.25) is 0 Å². The van der Waals surface area contributed by atoms with E-state index in [0.29, 0.717) is 11.8 Å². The highest BCUT2D eigenvalue weighted by Crippen LogP contribution is 2.46. The first-order valence-electron chi connectivity index (χ1n) is 7.52. The average Bonchev–Trinajstić information content (AvgIpc) is 2.26. The van der Waals surface area contributed by atoms with E-state index >= 15 is 0 Å². The summed E-state index contributed by atoms with van der Waals surface area (Å²) < 4.78 is 0. The molecule has 0 heterocycles. The molecular weight excluding hydrogens is 196 g/mol. The predicted molar refractivity (Wildman–Crippen MR) is 66.1 cm³/mol. The maximum Gasteiger partial charge on any atom is 0.0596 e. The SMILES string of the molecule is OC(C1CCC1)C1CCC2CCCCC2C1. The molecule has 3 rings (SSSR count). The quantitative estimate of drug-likeness (QED) is 0.754. The molecule has 0 saturated heterocycles. The van der Waals surface area contributed by atoms with Crippen molar-refractivity contribution in [3.8, 4) is 0 Å². The molecule has 1 N–H and O–H groups in total. The van der Waals surface area contributed by atoms with E-state index in [-0.39, 0.29) is 6.10 Å². The van der Waals surface area contributed by atoms with Crippen LogP contribution in [0.5, 0.6) is 0 Å². The molecule has 3 saturated carbocycles. The predicted octanol–water partition coefficient (Wildman–Crippen LogP) is 3.75. The Labute approximate surface area is 99.6 Å². The minimum absolute atomic E-state index is 0.0524. The maximum atomic E-state index is 10.4. The van der Waals surface area contributed by atoms with E-state index in [9.17, 15) is 5.11 Å². The third kappa shape index (κ3) is 2.03. The van der Waals surface area contributed by atoms with Crippen molar-refractivity contribution >= 4 is 0 Å². The first kappa shape index (κ1) is 11.1. The largest absolute Gasteiger partial charge is 0.393 e. The van der Waals surface area contributed by atoms with Crippen LogP contribution in [0, 0.1) is 23.7 Å². The van der Waals surface area contributed by atoms with Gasteiger partial charge >= 0.3 is 0 Å². The highest BCUT2D eigenvalue weighted by Gasteiger charge is 2.38. The van der Waals surface area contributed by atoms with Crippen LogP contribution in [0.3, 0.4) is 0 Å². The molecule has 3 fully saturated rings. The Balaban J connectivity index is 1.57. The summed E-state index contributed by atoms with van der Waals surface area (Å²) in [5.41, 5.74) is 0. The molecule has 0 aliphatic heterocycles. The number of aliphatic hydroxyl groups is 1. The zero-order chi connectivity index (χ0) is 11.0. The molecule has 0 aromatic heterocycles. The minimum Gasteiger partial charge on any atom is -0.393 e. The van der Waals surface area contributed by atoms with Gasteiger partial charge < -0.3 is 5.11 Å². The number of fused-ring (bicyclic) bond motifs is 1. The van der Waals surface area contributed by atoms with Crippen LogP contribution in [0.2, 0.25) is 0 Å². The molecule has 4 atom stereocenters. The second-order valence-corrected chi connectivity index (χ2v) is 6.56. The molecule has 92 valence electrons. The highest BCUT2D eigenvalue weighted by atomic mass is 16.3. The van der Waals surface area contributed by atoms with E-state index in [1.807, 2.05) is 0 Å². The van der Waals surface area contributed by atoms with Crippen molar-refractivity contribution < 1.29 is 5.11 Å². The summed E-state index contributed by atoms with van der Waals surface area (Å²) in [6, 6.07) is 0. The van der Waals surface area contributed by atoms with Crippen LogP contribution in [0.1, 0.15) is 64.2 Å². The van der Waals surface area contributed by atoms with Crippen molar-refractivity contribution in [2.45, 2.75) is 70.3 Å². The lowest BCUT2D eigenvalue weighted by molar-refractivity contribution is -0.0221. The number of aliphatic hydroxyl groups excluding tert-OH is 1. The minimum atomic E-state index is 0.0524. The Morgan fingerprint density at radius 3 is 2.12 bits per heavy atom. The molecule has 16 heavy (non-hydrogen) atoms. The van der Waals surface area contributed by atoms with Gasteiger partial charge in [0.1, 0.15) is 0 Å². The zero-order valence-electron chi connectivity index (χ0n) is 10.4. The lowest BCUT2D eigenvalue weighted by Gasteiger charge is -2.43. The monoisotopic (exact) mass is 222 g/mol. The molecule has 0 aromatic carbocycles. The molecule has 0 aromatic rings. The van der Waals surface area contributed by atoms with Gasteiger partial charge in [0.25, 0.3) is 0 Å². The fourth-order valence-corrected chi connectivity index (χ4v) is 4.39. The van der Waals surface area contributed by atoms with Crippen LogP contribution in [0.4, 0.5) is 0 Å². The fraction of sp³-hybridized carbons (Fsp3) is 1.00. The van der Waals surface area contributed by atoms with Crippen LogP contribution < -0.4 is 0 Å². The van der Waals surface area contributed by atoms with Crippen LogP contribution in [0.15, 0.2) is 0 Å². The number of hydrogen-bond donors (Lipinski definition) is 1. The topological polar surface area (TPSA) is 20.2 Å². The van der Waals surface area contributed by atoms with E-state index in [4.69, 9.17) is 0 Å². The van der Waals surface area contributed by atoms with Gasteiger partial charge in [-0.2, -0.15) is 0 Å². The van der Waals surface area contributed by atoms with Crippen LogP contribution in [-0.4, -0.2) is 11.2 Å². The molecular formula is C15H26O. The van der Waals surface area contributed by atoms with Gasteiger partial charge in [0.15, 0.2) is 0 Å². The first-order chi connectivity index (χ1) is 7.84. The Morgan fingerprint density at radius 2 is 1.44 bits per heavy atom. The molecule has 0 amide bonds. The molecule has 3 aliphatic rings. The molecule has 1 heteroatoms. The van der Waals surface area contributed by atoms with Gasteiger partial charge in [-0.1, -0.05) is 32.1 Å². The highest BCUT2D eigenvalue weighted by molar-refractivity contribution is 4.89. The van der Waals surface area contributed by atoms with E-state index < -0.39 is 0 Å². The lowest BCUT2D eigenvalue weighted by atomic mass is 9.64. The van der Waals surface area contributed by atoms with Crippen molar-refractivity contribution in [1.29, 1.82) is 0 Å². The second-order valence-electron chi connectivity index (χ2n) is 6.56. The third-order valence-corrected chi connectivity index (χ3v) is 5.70. The molecule has 0 spiro atoms.